The van der Waals surface area contributed by atoms with Crippen molar-refractivity contribution in [2.24, 2.45) is 17.6 Å². The summed E-state index contributed by atoms with van der Waals surface area (Å²) < 4.78 is 5.17. The Morgan fingerprint density at radius 3 is 2.56 bits per heavy atom. The number of benzene rings is 2. The maximum atomic E-state index is 13.7. The number of hydrogen-bond acceptors (Lipinski definition) is 6. The number of carbonyl (C=O) groups is 4. The van der Waals surface area contributed by atoms with Gasteiger partial charge < -0.3 is 15.8 Å². The number of fused-ring (bicyclic) bond motifs is 4. The fourth-order valence-corrected chi connectivity index (χ4v) is 5.62. The highest BCUT2D eigenvalue weighted by Gasteiger charge is 2.70. The Labute approximate surface area is 200 Å². The molecule has 3 aliphatic heterocycles. The van der Waals surface area contributed by atoms with Gasteiger partial charge in [-0.15, -0.1) is 0 Å². The zero-order chi connectivity index (χ0) is 24.2. The number of nitrogens with two attached hydrogens (primary N) is 1. The Bertz CT molecular complexity index is 1220. The van der Waals surface area contributed by atoms with E-state index in [1.807, 2.05) is 0 Å². The molecule has 176 valence electrons. The summed E-state index contributed by atoms with van der Waals surface area (Å²) in [6.45, 7) is 0.0668. The normalized spacial score (nSPS) is 27.2. The van der Waals surface area contributed by atoms with Gasteiger partial charge in [0.05, 0.1) is 25.5 Å². The molecule has 5 rings (SSSR count). The van der Waals surface area contributed by atoms with Crippen molar-refractivity contribution >= 4 is 40.9 Å². The van der Waals surface area contributed by atoms with Gasteiger partial charge >= 0.3 is 0 Å². The fourth-order valence-electron chi connectivity index (χ4n) is 5.45. The van der Waals surface area contributed by atoms with Crippen molar-refractivity contribution in [3.05, 3.63) is 58.6 Å². The Morgan fingerprint density at radius 1 is 1.15 bits per heavy atom. The lowest BCUT2D eigenvalue weighted by atomic mass is 9.76. The minimum atomic E-state index is -1.46. The lowest BCUT2D eigenvalue weighted by Gasteiger charge is -2.29. The van der Waals surface area contributed by atoms with Crippen molar-refractivity contribution < 1.29 is 23.9 Å². The third kappa shape index (κ3) is 3.26. The Hall–Kier alpha value is -3.43. The van der Waals surface area contributed by atoms with E-state index in [1.54, 1.807) is 49.6 Å². The van der Waals surface area contributed by atoms with Gasteiger partial charge in [0.1, 0.15) is 11.3 Å². The molecular weight excluding hydrogens is 460 g/mol. The molecule has 2 aromatic rings. The molecule has 9 nitrogen and oxygen atoms in total. The average molecular weight is 483 g/mol. The number of hydrogen-bond donors (Lipinski definition) is 3. The van der Waals surface area contributed by atoms with E-state index in [-0.39, 0.29) is 25.3 Å². The molecule has 0 aliphatic carbocycles. The number of amides is 4. The summed E-state index contributed by atoms with van der Waals surface area (Å²) in [7, 11) is 1.55. The van der Waals surface area contributed by atoms with Gasteiger partial charge in [-0.25, -0.2) is 0 Å². The number of ether oxygens (including phenoxy) is 1. The van der Waals surface area contributed by atoms with Gasteiger partial charge in [-0.1, -0.05) is 23.7 Å². The third-order valence-corrected chi connectivity index (χ3v) is 7.20. The lowest BCUT2D eigenvalue weighted by molar-refractivity contribution is -0.143. The largest absolute Gasteiger partial charge is 0.497 e. The molecular formula is C24H23ClN4O5. The van der Waals surface area contributed by atoms with E-state index < -0.39 is 41.1 Å². The van der Waals surface area contributed by atoms with Crippen LogP contribution in [0.2, 0.25) is 5.02 Å². The van der Waals surface area contributed by atoms with Crippen molar-refractivity contribution in [2.45, 2.75) is 31.0 Å². The molecule has 0 unspecified atom stereocenters. The van der Waals surface area contributed by atoms with E-state index in [0.717, 1.165) is 5.56 Å². The van der Waals surface area contributed by atoms with Gasteiger partial charge in [0, 0.05) is 28.7 Å². The first-order chi connectivity index (χ1) is 16.3. The Balaban J connectivity index is 1.56. The van der Waals surface area contributed by atoms with Crippen LogP contribution in [0.15, 0.2) is 42.5 Å². The summed E-state index contributed by atoms with van der Waals surface area (Å²) >= 11 is 6.24. The van der Waals surface area contributed by atoms with Crippen LogP contribution in [0, 0.1) is 11.8 Å². The number of rotatable bonds is 6. The number of methoxy groups -OCH3 is 1. The SMILES string of the molecule is COc1ccc(CN2C(=O)[C@H]3[C@@H](C2=O)[C@]2(N[C@@H]3CCC(N)=O)C(=O)Nc3ccc(Cl)cc32)cc1. The van der Waals surface area contributed by atoms with E-state index in [2.05, 4.69) is 10.6 Å². The van der Waals surface area contributed by atoms with Gasteiger partial charge in [-0.05, 0) is 42.3 Å². The second-order valence-electron chi connectivity index (χ2n) is 8.82. The molecule has 1 spiro atoms. The van der Waals surface area contributed by atoms with Crippen molar-refractivity contribution in [3.8, 4) is 5.75 Å². The maximum absolute atomic E-state index is 13.7. The second kappa shape index (κ2) is 8.11. The smallest absolute Gasteiger partial charge is 0.250 e. The molecule has 4 atom stereocenters. The summed E-state index contributed by atoms with van der Waals surface area (Å²) in [5, 5.41) is 6.48. The molecule has 3 aliphatic rings. The minimum Gasteiger partial charge on any atom is -0.497 e. The fraction of sp³-hybridized carbons (Fsp3) is 0.333. The van der Waals surface area contributed by atoms with Crippen LogP contribution in [0.5, 0.6) is 5.75 Å². The third-order valence-electron chi connectivity index (χ3n) is 6.97. The monoisotopic (exact) mass is 482 g/mol. The highest BCUT2D eigenvalue weighted by molar-refractivity contribution is 6.31. The van der Waals surface area contributed by atoms with E-state index >= 15 is 0 Å². The molecule has 0 saturated carbocycles. The number of imide groups is 1. The quantitative estimate of drug-likeness (QED) is 0.535. The molecule has 2 fully saturated rings. The first-order valence-electron chi connectivity index (χ1n) is 10.9. The molecule has 4 N–H and O–H groups in total. The van der Waals surface area contributed by atoms with Gasteiger partial charge in [-0.3, -0.25) is 29.4 Å². The standard InChI is InChI=1S/C24H23ClN4O5/c1-34-14-5-2-12(3-6-14)11-29-21(31)19-17(8-9-18(26)30)28-24(20(19)22(29)32)15-10-13(25)4-7-16(15)27-23(24)33/h2-7,10,17,19-20,28H,8-9,11H2,1H3,(H2,26,30)(H,27,33)/t17-,19-,20+,24+/m1/s1. The number of nitrogens with zero attached hydrogens (tertiary/aromatic N) is 1. The van der Waals surface area contributed by atoms with Crippen molar-refractivity contribution in [1.29, 1.82) is 0 Å². The van der Waals surface area contributed by atoms with Crippen molar-refractivity contribution in [1.82, 2.24) is 10.2 Å². The number of carbonyl (C=O) groups excluding carboxylic acids is 4. The molecule has 3 heterocycles. The van der Waals surface area contributed by atoms with Gasteiger partial charge in [-0.2, -0.15) is 0 Å². The highest BCUT2D eigenvalue weighted by Crippen LogP contribution is 2.54. The van der Waals surface area contributed by atoms with Gasteiger partial charge in [0.15, 0.2) is 0 Å². The molecule has 0 radical (unpaired) electrons. The first-order valence-corrected chi connectivity index (χ1v) is 11.3. The first kappa shape index (κ1) is 22.4. The van der Waals surface area contributed by atoms with Gasteiger partial charge in [0.25, 0.3) is 0 Å². The lowest BCUT2D eigenvalue weighted by Crippen LogP contribution is -2.53. The molecule has 34 heavy (non-hydrogen) atoms. The number of anilines is 1. The Morgan fingerprint density at radius 2 is 1.88 bits per heavy atom. The van der Waals surface area contributed by atoms with Crippen LogP contribution in [0.1, 0.15) is 24.0 Å². The minimum absolute atomic E-state index is 0.0148. The molecule has 2 saturated heterocycles. The summed E-state index contributed by atoms with van der Waals surface area (Å²) in [6, 6.07) is 11.4. The number of primary amides is 1. The molecule has 2 aromatic carbocycles. The number of nitrogens with one attached hydrogen (secondary N) is 2. The summed E-state index contributed by atoms with van der Waals surface area (Å²) in [6.07, 6.45) is 0.234. The second-order valence-corrected chi connectivity index (χ2v) is 9.26. The number of likely N-dealkylation sites (tertiary alicyclic amines) is 1. The van der Waals surface area contributed by atoms with E-state index in [1.165, 1.54) is 4.90 Å². The predicted octanol–water partition coefficient (Wildman–Crippen LogP) is 1.53. The summed E-state index contributed by atoms with van der Waals surface area (Å²) in [4.78, 5) is 53.4. The maximum Gasteiger partial charge on any atom is 0.250 e. The van der Waals surface area contributed by atoms with E-state index in [4.69, 9.17) is 22.1 Å². The van der Waals surface area contributed by atoms with E-state index in [9.17, 15) is 19.2 Å². The highest BCUT2D eigenvalue weighted by atomic mass is 35.5. The summed E-state index contributed by atoms with van der Waals surface area (Å²) in [5.41, 5.74) is 5.69. The van der Waals surface area contributed by atoms with Crippen LogP contribution >= 0.6 is 11.6 Å². The molecule has 10 heteroatoms. The van der Waals surface area contributed by atoms with Gasteiger partial charge in [0.2, 0.25) is 23.6 Å². The van der Waals surface area contributed by atoms with Crippen LogP contribution in [0.4, 0.5) is 5.69 Å². The topological polar surface area (TPSA) is 131 Å². The van der Waals surface area contributed by atoms with Crippen molar-refractivity contribution in [2.75, 3.05) is 12.4 Å². The van der Waals surface area contributed by atoms with Crippen LogP contribution < -0.4 is 21.1 Å². The van der Waals surface area contributed by atoms with Crippen LogP contribution in [-0.2, 0) is 31.3 Å². The Kier molecular flexibility index (Phi) is 5.33. The molecule has 0 aromatic heterocycles. The van der Waals surface area contributed by atoms with Crippen LogP contribution in [0.25, 0.3) is 0 Å². The van der Waals surface area contributed by atoms with Crippen LogP contribution in [0.3, 0.4) is 0 Å². The number of halogens is 1. The average Bonchev–Trinajstić information content (AvgIpc) is 3.39. The molecule has 4 amide bonds. The summed E-state index contributed by atoms with van der Waals surface area (Å²) in [5.74, 6) is -2.91. The van der Waals surface area contributed by atoms with E-state index in [0.29, 0.717) is 22.0 Å². The zero-order valence-electron chi connectivity index (χ0n) is 18.3. The predicted molar refractivity (Wildman–Crippen MR) is 123 cm³/mol. The van der Waals surface area contributed by atoms with Crippen LogP contribution in [-0.4, -0.2) is 41.7 Å². The van der Waals surface area contributed by atoms with Crippen molar-refractivity contribution in [3.63, 3.8) is 0 Å². The zero-order valence-corrected chi connectivity index (χ0v) is 19.1. The molecule has 0 bridgehead atoms.